The number of hydrogen-bond donors (Lipinski definition) is 1. The molecule has 0 aromatic heterocycles. The van der Waals surface area contributed by atoms with Gasteiger partial charge in [0, 0.05) is 29.8 Å². The van der Waals surface area contributed by atoms with Gasteiger partial charge in [-0.05, 0) is 49.9 Å². The number of carbonyl (C=O) groups excluding carboxylic acids is 1. The highest BCUT2D eigenvalue weighted by molar-refractivity contribution is 7.90. The van der Waals surface area contributed by atoms with Gasteiger partial charge in [-0.2, -0.15) is 0 Å². The molecule has 0 radical (unpaired) electrons. The van der Waals surface area contributed by atoms with Crippen LogP contribution in [0.2, 0.25) is 0 Å². The summed E-state index contributed by atoms with van der Waals surface area (Å²) in [6.45, 7) is 6.12. The highest BCUT2D eigenvalue weighted by Crippen LogP contribution is 2.41. The third-order valence-corrected chi connectivity index (χ3v) is 6.65. The molecular formula is C24H33NO6S. The Balaban J connectivity index is 2.32. The predicted molar refractivity (Wildman–Crippen MR) is 126 cm³/mol. The van der Waals surface area contributed by atoms with Crippen LogP contribution in [-0.2, 0) is 9.84 Å². The molecule has 7 nitrogen and oxygen atoms in total. The number of aryl methyl sites for hydroxylation is 2. The van der Waals surface area contributed by atoms with E-state index in [4.69, 9.17) is 14.2 Å². The lowest BCUT2D eigenvalue weighted by molar-refractivity contribution is 0.0949. The fraction of sp³-hybridized carbons (Fsp3) is 0.458. The molecule has 0 aliphatic heterocycles. The zero-order valence-electron chi connectivity index (χ0n) is 19.9. The van der Waals surface area contributed by atoms with Crippen LogP contribution in [0.4, 0.5) is 0 Å². The summed E-state index contributed by atoms with van der Waals surface area (Å²) in [6, 6.07) is 7.68. The highest BCUT2D eigenvalue weighted by atomic mass is 32.2. The van der Waals surface area contributed by atoms with E-state index in [1.54, 1.807) is 13.0 Å². The molecule has 1 N–H and O–H groups in total. The summed E-state index contributed by atoms with van der Waals surface area (Å²) in [7, 11) is 1.38. The quantitative estimate of drug-likeness (QED) is 0.579. The van der Waals surface area contributed by atoms with Crippen LogP contribution < -0.4 is 19.5 Å². The molecule has 2 aromatic carbocycles. The molecule has 0 saturated carbocycles. The van der Waals surface area contributed by atoms with Crippen LogP contribution in [0.3, 0.4) is 0 Å². The second-order valence-corrected chi connectivity index (χ2v) is 10.2. The van der Waals surface area contributed by atoms with Crippen LogP contribution in [0.1, 0.15) is 45.0 Å². The number of carbonyl (C=O) groups is 1. The minimum atomic E-state index is -3.13. The summed E-state index contributed by atoms with van der Waals surface area (Å²) in [6.07, 6.45) is 1.64. The largest absolute Gasteiger partial charge is 0.493 e. The zero-order chi connectivity index (χ0) is 24.1. The van der Waals surface area contributed by atoms with E-state index in [9.17, 15) is 13.2 Å². The van der Waals surface area contributed by atoms with Gasteiger partial charge in [0.25, 0.3) is 5.91 Å². The minimum absolute atomic E-state index is 0.0453. The number of ether oxygens (including phenoxy) is 3. The number of benzene rings is 2. The number of hydrogen-bond acceptors (Lipinski definition) is 6. The molecule has 2 aromatic rings. The Kier molecular flexibility index (Phi) is 8.55. The van der Waals surface area contributed by atoms with E-state index < -0.39 is 9.84 Å². The Morgan fingerprint density at radius 2 is 1.62 bits per heavy atom. The van der Waals surface area contributed by atoms with Gasteiger partial charge in [-0.25, -0.2) is 8.42 Å². The van der Waals surface area contributed by atoms with Gasteiger partial charge in [0.15, 0.2) is 11.5 Å². The van der Waals surface area contributed by atoms with Crippen molar-refractivity contribution in [3.63, 3.8) is 0 Å². The summed E-state index contributed by atoms with van der Waals surface area (Å²) in [5.74, 6) is 0.849. The van der Waals surface area contributed by atoms with Crippen molar-refractivity contribution >= 4 is 15.7 Å². The summed E-state index contributed by atoms with van der Waals surface area (Å²) in [4.78, 5) is 13.1. The molecule has 1 unspecified atom stereocenters. The molecule has 1 atom stereocenters. The second kappa shape index (κ2) is 10.7. The van der Waals surface area contributed by atoms with E-state index in [0.717, 1.165) is 16.7 Å². The molecule has 0 spiro atoms. The van der Waals surface area contributed by atoms with Crippen molar-refractivity contribution in [2.24, 2.45) is 0 Å². The Hall–Kier alpha value is -2.74. The standard InChI is InChI=1S/C24H33NO6S/c1-15-8-9-18(12-16(15)2)19(10-11-32(7,27)28)14-25-24(26)20-13-21(29-4)23(31-6)22(30-5)17(20)3/h8-9,12-13,19H,10-11,14H2,1-7H3,(H,25,26). The Labute approximate surface area is 191 Å². The fourth-order valence-electron chi connectivity index (χ4n) is 3.61. The first-order valence-corrected chi connectivity index (χ1v) is 12.4. The van der Waals surface area contributed by atoms with Crippen molar-refractivity contribution in [2.45, 2.75) is 33.1 Å². The van der Waals surface area contributed by atoms with E-state index in [1.807, 2.05) is 26.0 Å². The first kappa shape index (κ1) is 25.5. The van der Waals surface area contributed by atoms with Crippen LogP contribution in [-0.4, -0.2) is 54.2 Å². The molecule has 0 heterocycles. The molecule has 2 rings (SSSR count). The van der Waals surface area contributed by atoms with Crippen molar-refractivity contribution in [3.8, 4) is 17.2 Å². The lowest BCUT2D eigenvalue weighted by Gasteiger charge is -2.21. The molecule has 32 heavy (non-hydrogen) atoms. The van der Waals surface area contributed by atoms with Crippen LogP contribution in [0.15, 0.2) is 24.3 Å². The SMILES string of the molecule is COc1cc(C(=O)NCC(CCS(C)(=O)=O)c2ccc(C)c(C)c2)c(C)c(OC)c1OC. The van der Waals surface area contributed by atoms with Crippen molar-refractivity contribution in [2.75, 3.05) is 39.9 Å². The smallest absolute Gasteiger partial charge is 0.251 e. The lowest BCUT2D eigenvalue weighted by Crippen LogP contribution is -2.30. The fourth-order valence-corrected chi connectivity index (χ4v) is 4.32. The van der Waals surface area contributed by atoms with Gasteiger partial charge in [-0.3, -0.25) is 4.79 Å². The van der Waals surface area contributed by atoms with Gasteiger partial charge in [0.05, 0.1) is 27.1 Å². The third kappa shape index (κ3) is 6.16. The summed E-state index contributed by atoms with van der Waals surface area (Å²) >= 11 is 0. The maximum absolute atomic E-state index is 13.1. The van der Waals surface area contributed by atoms with Crippen LogP contribution in [0.5, 0.6) is 17.2 Å². The van der Waals surface area contributed by atoms with Gasteiger partial charge < -0.3 is 19.5 Å². The second-order valence-electron chi connectivity index (χ2n) is 7.99. The van der Waals surface area contributed by atoms with E-state index >= 15 is 0 Å². The monoisotopic (exact) mass is 463 g/mol. The van der Waals surface area contributed by atoms with Crippen LogP contribution in [0.25, 0.3) is 0 Å². The Bertz CT molecular complexity index is 1080. The van der Waals surface area contributed by atoms with Crippen molar-refractivity contribution in [1.29, 1.82) is 0 Å². The molecule has 0 aliphatic rings. The van der Waals surface area contributed by atoms with Gasteiger partial charge in [-0.15, -0.1) is 0 Å². The first-order valence-electron chi connectivity index (χ1n) is 10.3. The van der Waals surface area contributed by atoms with E-state index in [2.05, 4.69) is 11.4 Å². The van der Waals surface area contributed by atoms with Crippen molar-refractivity contribution < 1.29 is 27.4 Å². The number of sulfone groups is 1. The summed E-state index contributed by atoms with van der Waals surface area (Å²) in [5.41, 5.74) is 4.31. The topological polar surface area (TPSA) is 90.9 Å². The minimum Gasteiger partial charge on any atom is -0.493 e. The normalized spacial score (nSPS) is 12.2. The number of rotatable bonds is 10. The highest BCUT2D eigenvalue weighted by Gasteiger charge is 2.23. The zero-order valence-corrected chi connectivity index (χ0v) is 20.7. The van der Waals surface area contributed by atoms with Crippen LogP contribution in [0, 0.1) is 20.8 Å². The van der Waals surface area contributed by atoms with Crippen LogP contribution >= 0.6 is 0 Å². The van der Waals surface area contributed by atoms with Gasteiger partial charge in [0.2, 0.25) is 5.75 Å². The Morgan fingerprint density at radius 1 is 0.969 bits per heavy atom. The summed E-state index contributed by atoms with van der Waals surface area (Å²) < 4.78 is 39.7. The molecule has 176 valence electrons. The molecule has 1 amide bonds. The average Bonchev–Trinajstić information content (AvgIpc) is 2.74. The van der Waals surface area contributed by atoms with Gasteiger partial charge >= 0.3 is 0 Å². The maximum Gasteiger partial charge on any atom is 0.251 e. The third-order valence-electron chi connectivity index (χ3n) is 5.67. The van der Waals surface area contributed by atoms with E-state index in [0.29, 0.717) is 41.3 Å². The Morgan fingerprint density at radius 3 is 2.16 bits per heavy atom. The molecule has 0 saturated heterocycles. The van der Waals surface area contributed by atoms with E-state index in [-0.39, 0.29) is 17.6 Å². The predicted octanol–water partition coefficient (Wildman–Crippen LogP) is 3.59. The molecular weight excluding hydrogens is 430 g/mol. The van der Waals surface area contributed by atoms with Gasteiger partial charge in [-0.1, -0.05) is 18.2 Å². The molecule has 0 fully saturated rings. The van der Waals surface area contributed by atoms with Crippen molar-refractivity contribution in [3.05, 3.63) is 52.1 Å². The van der Waals surface area contributed by atoms with Gasteiger partial charge in [0.1, 0.15) is 9.84 Å². The molecule has 0 aliphatic carbocycles. The first-order chi connectivity index (χ1) is 15.0. The van der Waals surface area contributed by atoms with E-state index in [1.165, 1.54) is 27.6 Å². The average molecular weight is 464 g/mol. The maximum atomic E-state index is 13.1. The molecule has 0 bridgehead atoms. The number of nitrogens with one attached hydrogen (secondary N) is 1. The lowest BCUT2D eigenvalue weighted by atomic mass is 9.93. The number of methoxy groups -OCH3 is 3. The molecule has 8 heteroatoms. The van der Waals surface area contributed by atoms with Crippen molar-refractivity contribution in [1.82, 2.24) is 5.32 Å². The number of amides is 1. The summed E-state index contributed by atoms with van der Waals surface area (Å²) in [5, 5.41) is 2.96.